The van der Waals surface area contributed by atoms with E-state index in [1.807, 2.05) is 17.5 Å². The van der Waals surface area contributed by atoms with E-state index in [0.29, 0.717) is 19.2 Å². The molecule has 1 aromatic rings. The molecule has 4 nitrogen and oxygen atoms in total. The van der Waals surface area contributed by atoms with E-state index < -0.39 is 0 Å². The standard InChI is InChI=1S/C12H18N2O2S/c15-12(14-9-11-4-2-8-17-11)13-6-5-10-3-1-7-16-10/h2,4,8,10H,1,3,5-7,9H2,(H2,13,14,15). The summed E-state index contributed by atoms with van der Waals surface area (Å²) < 4.78 is 5.48. The summed E-state index contributed by atoms with van der Waals surface area (Å²) in [6.45, 7) is 2.15. The second-order valence-electron chi connectivity index (χ2n) is 4.11. The van der Waals surface area contributed by atoms with Crippen molar-refractivity contribution in [2.75, 3.05) is 13.2 Å². The quantitative estimate of drug-likeness (QED) is 0.845. The van der Waals surface area contributed by atoms with E-state index in [9.17, 15) is 4.79 Å². The van der Waals surface area contributed by atoms with Gasteiger partial charge in [-0.3, -0.25) is 0 Å². The lowest BCUT2D eigenvalue weighted by Crippen LogP contribution is -2.36. The molecule has 2 heterocycles. The lowest BCUT2D eigenvalue weighted by atomic mass is 10.2. The molecule has 0 radical (unpaired) electrons. The lowest BCUT2D eigenvalue weighted by molar-refractivity contribution is 0.104. The highest BCUT2D eigenvalue weighted by molar-refractivity contribution is 7.09. The SMILES string of the molecule is O=C(NCCC1CCCO1)NCc1cccs1. The molecule has 1 aliphatic heterocycles. The number of ether oxygens (including phenoxy) is 1. The van der Waals surface area contributed by atoms with Crippen molar-refractivity contribution in [3.05, 3.63) is 22.4 Å². The van der Waals surface area contributed by atoms with E-state index in [-0.39, 0.29) is 6.03 Å². The van der Waals surface area contributed by atoms with Gasteiger partial charge in [0.05, 0.1) is 12.6 Å². The summed E-state index contributed by atoms with van der Waals surface area (Å²) in [4.78, 5) is 12.6. The Labute approximate surface area is 105 Å². The molecule has 1 atom stereocenters. The number of amides is 2. The van der Waals surface area contributed by atoms with Crippen molar-refractivity contribution in [1.29, 1.82) is 0 Å². The Kier molecular flexibility index (Phi) is 4.82. The highest BCUT2D eigenvalue weighted by Gasteiger charge is 2.14. The molecule has 1 aliphatic rings. The molecular weight excluding hydrogens is 236 g/mol. The Balaban J connectivity index is 1.54. The fraction of sp³-hybridized carbons (Fsp3) is 0.583. The van der Waals surface area contributed by atoms with Crippen LogP contribution in [0.2, 0.25) is 0 Å². The smallest absolute Gasteiger partial charge is 0.315 e. The van der Waals surface area contributed by atoms with Crippen LogP contribution >= 0.6 is 11.3 Å². The maximum atomic E-state index is 11.5. The third-order valence-corrected chi connectivity index (χ3v) is 3.66. The Morgan fingerprint density at radius 2 is 2.47 bits per heavy atom. The minimum absolute atomic E-state index is 0.101. The van der Waals surface area contributed by atoms with Crippen molar-refractivity contribution in [1.82, 2.24) is 10.6 Å². The van der Waals surface area contributed by atoms with E-state index >= 15 is 0 Å². The molecule has 0 spiro atoms. The van der Waals surface area contributed by atoms with Gasteiger partial charge in [0.15, 0.2) is 0 Å². The first-order valence-corrected chi connectivity index (χ1v) is 6.88. The molecule has 0 bridgehead atoms. The molecule has 0 aliphatic carbocycles. The molecule has 0 aromatic carbocycles. The molecule has 1 unspecified atom stereocenters. The highest BCUT2D eigenvalue weighted by atomic mass is 32.1. The van der Waals surface area contributed by atoms with Gasteiger partial charge < -0.3 is 15.4 Å². The molecule has 5 heteroatoms. The number of hydrogen-bond acceptors (Lipinski definition) is 3. The molecule has 1 fully saturated rings. The number of urea groups is 1. The second kappa shape index (κ2) is 6.61. The van der Waals surface area contributed by atoms with Crippen LogP contribution in [0, 0.1) is 0 Å². The Hall–Kier alpha value is -1.07. The summed E-state index contributed by atoms with van der Waals surface area (Å²) in [5.74, 6) is 0. The van der Waals surface area contributed by atoms with E-state index in [2.05, 4.69) is 10.6 Å². The minimum Gasteiger partial charge on any atom is -0.378 e. The van der Waals surface area contributed by atoms with Crippen LogP contribution in [0.4, 0.5) is 4.79 Å². The maximum Gasteiger partial charge on any atom is 0.315 e. The Morgan fingerprint density at radius 3 is 3.18 bits per heavy atom. The van der Waals surface area contributed by atoms with Crippen LogP contribution in [0.15, 0.2) is 17.5 Å². The molecule has 1 saturated heterocycles. The molecule has 2 amide bonds. The van der Waals surface area contributed by atoms with E-state index in [4.69, 9.17) is 4.74 Å². The van der Waals surface area contributed by atoms with Gasteiger partial charge >= 0.3 is 6.03 Å². The van der Waals surface area contributed by atoms with Gasteiger partial charge in [0.2, 0.25) is 0 Å². The van der Waals surface area contributed by atoms with Crippen molar-refractivity contribution in [2.24, 2.45) is 0 Å². The zero-order chi connectivity index (χ0) is 11.9. The lowest BCUT2D eigenvalue weighted by Gasteiger charge is -2.10. The van der Waals surface area contributed by atoms with Crippen molar-refractivity contribution < 1.29 is 9.53 Å². The first-order chi connectivity index (χ1) is 8.34. The van der Waals surface area contributed by atoms with E-state index in [0.717, 1.165) is 25.9 Å². The van der Waals surface area contributed by atoms with Gasteiger partial charge in [0.25, 0.3) is 0 Å². The van der Waals surface area contributed by atoms with Gasteiger partial charge in [-0.2, -0.15) is 0 Å². The Bertz CT molecular complexity index is 334. The topological polar surface area (TPSA) is 50.4 Å². The number of rotatable bonds is 5. The highest BCUT2D eigenvalue weighted by Crippen LogP contribution is 2.14. The Morgan fingerprint density at radius 1 is 1.53 bits per heavy atom. The normalized spacial score (nSPS) is 19.2. The third kappa shape index (κ3) is 4.36. The van der Waals surface area contributed by atoms with Crippen molar-refractivity contribution in [2.45, 2.75) is 31.9 Å². The molecule has 2 rings (SSSR count). The first-order valence-electron chi connectivity index (χ1n) is 6.00. The van der Waals surface area contributed by atoms with Crippen LogP contribution in [0.3, 0.4) is 0 Å². The van der Waals surface area contributed by atoms with Crippen molar-refractivity contribution in [3.8, 4) is 0 Å². The third-order valence-electron chi connectivity index (χ3n) is 2.78. The van der Waals surface area contributed by atoms with Crippen LogP contribution in [-0.2, 0) is 11.3 Å². The average molecular weight is 254 g/mol. The second-order valence-corrected chi connectivity index (χ2v) is 5.14. The van der Waals surface area contributed by atoms with Crippen LogP contribution in [0.25, 0.3) is 0 Å². The molecular formula is C12H18N2O2S. The molecule has 2 N–H and O–H groups in total. The molecule has 1 aromatic heterocycles. The summed E-state index contributed by atoms with van der Waals surface area (Å²) in [6, 6.07) is 3.89. The number of thiophene rings is 1. The largest absolute Gasteiger partial charge is 0.378 e. The fourth-order valence-electron chi connectivity index (χ4n) is 1.86. The number of hydrogen-bond donors (Lipinski definition) is 2. The summed E-state index contributed by atoms with van der Waals surface area (Å²) in [7, 11) is 0. The predicted octanol–water partition coefficient (Wildman–Crippen LogP) is 2.12. The fourth-order valence-corrected chi connectivity index (χ4v) is 2.51. The number of carbonyl (C=O) groups excluding carboxylic acids is 1. The van der Waals surface area contributed by atoms with Crippen LogP contribution in [0.5, 0.6) is 0 Å². The number of carbonyl (C=O) groups is 1. The van der Waals surface area contributed by atoms with Crippen molar-refractivity contribution >= 4 is 17.4 Å². The van der Waals surface area contributed by atoms with Gasteiger partial charge in [-0.1, -0.05) is 6.07 Å². The van der Waals surface area contributed by atoms with Crippen LogP contribution < -0.4 is 10.6 Å². The van der Waals surface area contributed by atoms with Crippen LogP contribution in [0.1, 0.15) is 24.1 Å². The summed E-state index contributed by atoms with van der Waals surface area (Å²) in [5.41, 5.74) is 0. The van der Waals surface area contributed by atoms with Gasteiger partial charge in [-0.15, -0.1) is 11.3 Å². The molecule has 94 valence electrons. The van der Waals surface area contributed by atoms with Gasteiger partial charge in [-0.25, -0.2) is 4.79 Å². The van der Waals surface area contributed by atoms with E-state index in [1.54, 1.807) is 11.3 Å². The summed E-state index contributed by atoms with van der Waals surface area (Å²) >= 11 is 1.65. The zero-order valence-corrected chi connectivity index (χ0v) is 10.6. The maximum absolute atomic E-state index is 11.5. The minimum atomic E-state index is -0.101. The van der Waals surface area contributed by atoms with Gasteiger partial charge in [0, 0.05) is 18.0 Å². The van der Waals surface area contributed by atoms with Crippen molar-refractivity contribution in [3.63, 3.8) is 0 Å². The number of nitrogens with one attached hydrogen (secondary N) is 2. The summed E-state index contributed by atoms with van der Waals surface area (Å²) in [6.07, 6.45) is 3.52. The predicted molar refractivity (Wildman–Crippen MR) is 68.1 cm³/mol. The first kappa shape index (κ1) is 12.4. The van der Waals surface area contributed by atoms with Gasteiger partial charge in [-0.05, 0) is 30.7 Å². The summed E-state index contributed by atoms with van der Waals surface area (Å²) in [5, 5.41) is 7.68. The van der Waals surface area contributed by atoms with E-state index in [1.165, 1.54) is 4.88 Å². The average Bonchev–Trinajstić information content (AvgIpc) is 2.99. The molecule has 17 heavy (non-hydrogen) atoms. The molecule has 0 saturated carbocycles. The van der Waals surface area contributed by atoms with Crippen LogP contribution in [-0.4, -0.2) is 25.3 Å². The zero-order valence-electron chi connectivity index (χ0n) is 9.78. The monoisotopic (exact) mass is 254 g/mol. The van der Waals surface area contributed by atoms with Gasteiger partial charge in [0.1, 0.15) is 0 Å².